The number of rotatable bonds is 5. The average molecular weight is 275 g/mol. The number of pyridine rings is 1. The van der Waals surface area contributed by atoms with Gasteiger partial charge >= 0.3 is 5.97 Å². The van der Waals surface area contributed by atoms with Gasteiger partial charge < -0.3 is 15.2 Å². The van der Waals surface area contributed by atoms with Gasteiger partial charge in [-0.25, -0.2) is 9.78 Å². The lowest BCUT2D eigenvalue weighted by atomic mass is 10.1. The largest absolute Gasteiger partial charge is 0.476 e. The maximum atomic E-state index is 11.4. The molecule has 20 heavy (non-hydrogen) atoms. The molecule has 0 saturated carbocycles. The van der Waals surface area contributed by atoms with Crippen LogP contribution in [-0.2, 0) is 4.74 Å². The van der Waals surface area contributed by atoms with Crippen LogP contribution in [0.25, 0.3) is 5.65 Å². The van der Waals surface area contributed by atoms with Crippen molar-refractivity contribution in [1.29, 1.82) is 0 Å². The van der Waals surface area contributed by atoms with Crippen LogP contribution in [0.2, 0.25) is 0 Å². The lowest BCUT2D eigenvalue weighted by molar-refractivity contribution is 0.0690. The van der Waals surface area contributed by atoms with Crippen LogP contribution in [0.3, 0.4) is 0 Å². The lowest BCUT2D eigenvalue weighted by Crippen LogP contribution is -2.12. The summed E-state index contributed by atoms with van der Waals surface area (Å²) < 4.78 is 6.91. The number of nitrogens with zero attached hydrogens (tertiary/aromatic N) is 2. The average Bonchev–Trinajstić information content (AvgIpc) is 3.05. The Balaban J connectivity index is 1.76. The standard InChI is InChI=1S/C14H17N3O3/c18-14(19)12-13(15-6-4-10-5-8-20-9-10)16-11-3-1-2-7-17(11)12/h1-3,7,10,15H,4-6,8-9H2,(H,18,19). The molecule has 3 heterocycles. The summed E-state index contributed by atoms with van der Waals surface area (Å²) in [5, 5.41) is 12.5. The fourth-order valence-corrected chi connectivity index (χ4v) is 2.53. The molecular weight excluding hydrogens is 258 g/mol. The molecule has 1 fully saturated rings. The van der Waals surface area contributed by atoms with Gasteiger partial charge in [-0.05, 0) is 30.9 Å². The molecule has 1 unspecified atom stereocenters. The fourth-order valence-electron chi connectivity index (χ4n) is 2.53. The van der Waals surface area contributed by atoms with Crippen molar-refractivity contribution < 1.29 is 14.6 Å². The van der Waals surface area contributed by atoms with Crippen LogP contribution in [-0.4, -0.2) is 40.2 Å². The molecule has 1 atom stereocenters. The smallest absolute Gasteiger partial charge is 0.356 e. The number of carboxylic acid groups (broad SMARTS) is 1. The van der Waals surface area contributed by atoms with Crippen LogP contribution in [0.1, 0.15) is 23.3 Å². The number of fused-ring (bicyclic) bond motifs is 1. The number of nitrogens with one attached hydrogen (secondary N) is 1. The quantitative estimate of drug-likeness (QED) is 0.871. The van der Waals surface area contributed by atoms with Gasteiger partial charge in [-0.1, -0.05) is 6.07 Å². The molecule has 0 aromatic carbocycles. The number of anilines is 1. The summed E-state index contributed by atoms with van der Waals surface area (Å²) in [7, 11) is 0. The molecule has 0 amide bonds. The highest BCUT2D eigenvalue weighted by Crippen LogP contribution is 2.20. The van der Waals surface area contributed by atoms with Crippen LogP contribution in [0.15, 0.2) is 24.4 Å². The highest BCUT2D eigenvalue weighted by Gasteiger charge is 2.19. The van der Waals surface area contributed by atoms with Gasteiger partial charge in [0.1, 0.15) is 5.65 Å². The van der Waals surface area contributed by atoms with Crippen molar-refractivity contribution in [2.24, 2.45) is 5.92 Å². The van der Waals surface area contributed by atoms with Gasteiger partial charge in [-0.3, -0.25) is 4.40 Å². The first kappa shape index (κ1) is 12.9. The molecule has 0 spiro atoms. The Kier molecular flexibility index (Phi) is 3.56. The van der Waals surface area contributed by atoms with E-state index in [1.165, 1.54) is 0 Å². The lowest BCUT2D eigenvalue weighted by Gasteiger charge is -2.08. The van der Waals surface area contributed by atoms with Crippen molar-refractivity contribution in [3.63, 3.8) is 0 Å². The summed E-state index contributed by atoms with van der Waals surface area (Å²) in [6.45, 7) is 2.34. The Labute approximate surface area is 116 Å². The molecule has 0 bridgehead atoms. The minimum absolute atomic E-state index is 0.184. The first-order valence-electron chi connectivity index (χ1n) is 6.77. The van der Waals surface area contributed by atoms with E-state index in [1.54, 1.807) is 22.7 Å². The molecule has 1 aliphatic rings. The summed E-state index contributed by atoms with van der Waals surface area (Å²) in [6.07, 6.45) is 3.76. The molecule has 6 heteroatoms. The van der Waals surface area contributed by atoms with E-state index in [1.807, 2.05) is 6.07 Å². The summed E-state index contributed by atoms with van der Waals surface area (Å²) >= 11 is 0. The number of carbonyl (C=O) groups is 1. The molecule has 0 aliphatic carbocycles. The highest BCUT2D eigenvalue weighted by atomic mass is 16.5. The molecule has 1 saturated heterocycles. The zero-order valence-corrected chi connectivity index (χ0v) is 11.1. The van der Waals surface area contributed by atoms with Gasteiger partial charge in [-0.15, -0.1) is 0 Å². The van der Waals surface area contributed by atoms with E-state index in [2.05, 4.69) is 10.3 Å². The number of carboxylic acids is 1. The second-order valence-electron chi connectivity index (χ2n) is 4.99. The first-order valence-corrected chi connectivity index (χ1v) is 6.77. The van der Waals surface area contributed by atoms with Crippen molar-refractivity contribution in [3.05, 3.63) is 30.1 Å². The van der Waals surface area contributed by atoms with Gasteiger partial charge in [0.25, 0.3) is 0 Å². The SMILES string of the molecule is O=C(O)c1c(NCCC2CCOC2)nc2ccccn12. The van der Waals surface area contributed by atoms with Crippen molar-refractivity contribution in [2.75, 3.05) is 25.1 Å². The molecule has 3 rings (SSSR count). The van der Waals surface area contributed by atoms with E-state index >= 15 is 0 Å². The number of hydrogen-bond acceptors (Lipinski definition) is 4. The van der Waals surface area contributed by atoms with Gasteiger partial charge in [0.2, 0.25) is 0 Å². The Hall–Kier alpha value is -2.08. The zero-order chi connectivity index (χ0) is 13.9. The molecule has 2 aromatic rings. The predicted octanol–water partition coefficient (Wildman–Crippen LogP) is 1.87. The summed E-state index contributed by atoms with van der Waals surface area (Å²) in [6, 6.07) is 5.43. The van der Waals surface area contributed by atoms with E-state index < -0.39 is 5.97 Å². The van der Waals surface area contributed by atoms with E-state index in [4.69, 9.17) is 4.74 Å². The number of aromatic nitrogens is 2. The van der Waals surface area contributed by atoms with Crippen molar-refractivity contribution in [3.8, 4) is 0 Å². The van der Waals surface area contributed by atoms with Gasteiger partial charge in [0.05, 0.1) is 0 Å². The minimum Gasteiger partial charge on any atom is -0.476 e. The van der Waals surface area contributed by atoms with Gasteiger partial charge in [-0.2, -0.15) is 0 Å². The van der Waals surface area contributed by atoms with Crippen LogP contribution in [0.4, 0.5) is 5.82 Å². The third kappa shape index (κ3) is 2.46. The molecule has 6 nitrogen and oxygen atoms in total. The number of hydrogen-bond donors (Lipinski definition) is 2. The maximum Gasteiger partial charge on any atom is 0.356 e. The summed E-state index contributed by atoms with van der Waals surface area (Å²) in [5.41, 5.74) is 0.819. The minimum atomic E-state index is -0.976. The van der Waals surface area contributed by atoms with Crippen molar-refractivity contribution >= 4 is 17.4 Å². The topological polar surface area (TPSA) is 75.9 Å². The molecule has 2 aromatic heterocycles. The van der Waals surface area contributed by atoms with Crippen LogP contribution in [0.5, 0.6) is 0 Å². The Morgan fingerprint density at radius 1 is 1.55 bits per heavy atom. The third-order valence-corrected chi connectivity index (χ3v) is 3.60. The number of aromatic carboxylic acids is 1. The summed E-state index contributed by atoms with van der Waals surface area (Å²) in [4.78, 5) is 15.7. The van der Waals surface area contributed by atoms with E-state index in [-0.39, 0.29) is 5.69 Å². The Bertz CT molecular complexity index is 617. The molecule has 0 radical (unpaired) electrons. The zero-order valence-electron chi connectivity index (χ0n) is 11.1. The fraction of sp³-hybridized carbons (Fsp3) is 0.429. The van der Waals surface area contributed by atoms with Gasteiger partial charge in [0, 0.05) is 26.0 Å². The van der Waals surface area contributed by atoms with Crippen LogP contribution < -0.4 is 5.32 Å². The van der Waals surface area contributed by atoms with Crippen LogP contribution in [0, 0.1) is 5.92 Å². The van der Waals surface area contributed by atoms with E-state index in [0.29, 0.717) is 23.9 Å². The van der Waals surface area contributed by atoms with Crippen LogP contribution >= 0.6 is 0 Å². The second kappa shape index (κ2) is 5.50. The third-order valence-electron chi connectivity index (χ3n) is 3.60. The summed E-state index contributed by atoms with van der Waals surface area (Å²) in [5.74, 6) is 0.0193. The maximum absolute atomic E-state index is 11.4. The Morgan fingerprint density at radius 2 is 2.45 bits per heavy atom. The van der Waals surface area contributed by atoms with Crippen molar-refractivity contribution in [1.82, 2.24) is 9.38 Å². The highest BCUT2D eigenvalue weighted by molar-refractivity contribution is 5.92. The first-order chi connectivity index (χ1) is 9.75. The van der Waals surface area contributed by atoms with E-state index in [0.717, 1.165) is 26.1 Å². The number of imidazole rings is 1. The van der Waals surface area contributed by atoms with Crippen molar-refractivity contribution in [2.45, 2.75) is 12.8 Å². The monoisotopic (exact) mass is 275 g/mol. The molecule has 1 aliphatic heterocycles. The predicted molar refractivity (Wildman–Crippen MR) is 74.2 cm³/mol. The van der Waals surface area contributed by atoms with Gasteiger partial charge in [0.15, 0.2) is 11.5 Å². The Morgan fingerprint density at radius 3 is 3.20 bits per heavy atom. The molecule has 2 N–H and O–H groups in total. The molecular formula is C14H17N3O3. The normalized spacial score (nSPS) is 18.5. The second-order valence-corrected chi connectivity index (χ2v) is 4.99. The number of ether oxygens (including phenoxy) is 1. The van der Waals surface area contributed by atoms with E-state index in [9.17, 15) is 9.90 Å². The molecule has 106 valence electrons.